The number of nitrogens with zero attached hydrogens (tertiary/aromatic N) is 2. The summed E-state index contributed by atoms with van der Waals surface area (Å²) in [5.74, 6) is -0.426. The van der Waals surface area contributed by atoms with Gasteiger partial charge in [-0.2, -0.15) is 0 Å². The van der Waals surface area contributed by atoms with Crippen molar-refractivity contribution < 1.29 is 13.2 Å². The number of anilines is 2. The molecule has 31 heavy (non-hydrogen) atoms. The van der Waals surface area contributed by atoms with Gasteiger partial charge in [-0.25, -0.2) is 8.42 Å². The topological polar surface area (TPSA) is 88.5 Å². The predicted octanol–water partition coefficient (Wildman–Crippen LogP) is 4.14. The Morgan fingerprint density at radius 1 is 1.19 bits per heavy atom. The van der Waals surface area contributed by atoms with Gasteiger partial charge in [0.1, 0.15) is 6.04 Å². The number of thiazole rings is 1. The van der Waals surface area contributed by atoms with Crippen LogP contribution in [0.1, 0.15) is 38.8 Å². The van der Waals surface area contributed by atoms with Crippen LogP contribution in [0.15, 0.2) is 47.3 Å². The van der Waals surface area contributed by atoms with E-state index < -0.39 is 22.0 Å². The van der Waals surface area contributed by atoms with Gasteiger partial charge >= 0.3 is 4.87 Å². The van der Waals surface area contributed by atoms with Gasteiger partial charge in [0.15, 0.2) is 0 Å². The Balaban J connectivity index is 1.95. The van der Waals surface area contributed by atoms with E-state index >= 15 is 0 Å². The highest BCUT2D eigenvalue weighted by Crippen LogP contribution is 2.27. The lowest BCUT2D eigenvalue weighted by atomic mass is 10.1. The molecule has 0 spiro atoms. The van der Waals surface area contributed by atoms with E-state index in [1.165, 1.54) is 4.31 Å². The molecule has 1 atom stereocenters. The van der Waals surface area contributed by atoms with Gasteiger partial charge in [-0.05, 0) is 63.1 Å². The first-order chi connectivity index (χ1) is 14.5. The number of benzene rings is 2. The monoisotopic (exact) mass is 461 g/mol. The third kappa shape index (κ3) is 4.83. The molecule has 0 aliphatic carbocycles. The minimum absolute atomic E-state index is 0.0313. The maximum atomic E-state index is 13.1. The van der Waals surface area contributed by atoms with Gasteiger partial charge in [0, 0.05) is 11.7 Å². The highest BCUT2D eigenvalue weighted by molar-refractivity contribution is 7.92. The molecule has 1 heterocycles. The molecule has 0 fully saturated rings. The minimum atomic E-state index is -3.70. The number of fused-ring (bicyclic) bond motifs is 1. The smallest absolute Gasteiger partial charge is 0.308 e. The maximum Gasteiger partial charge on any atom is 0.308 e. The van der Waals surface area contributed by atoms with Crippen molar-refractivity contribution in [2.24, 2.45) is 0 Å². The van der Waals surface area contributed by atoms with Gasteiger partial charge in [0.25, 0.3) is 0 Å². The third-order valence-corrected chi connectivity index (χ3v) is 7.08. The minimum Gasteiger partial charge on any atom is -0.324 e. The van der Waals surface area contributed by atoms with Crippen molar-refractivity contribution in [1.82, 2.24) is 4.57 Å². The fourth-order valence-electron chi connectivity index (χ4n) is 3.65. The number of hydrogen-bond acceptors (Lipinski definition) is 5. The van der Waals surface area contributed by atoms with Crippen molar-refractivity contribution in [3.8, 4) is 0 Å². The molecule has 1 aromatic heterocycles. The second-order valence-electron chi connectivity index (χ2n) is 7.83. The maximum absolute atomic E-state index is 13.1. The molecule has 0 aliphatic heterocycles. The molecule has 0 aliphatic rings. The average Bonchev–Trinajstić information content (AvgIpc) is 2.99. The lowest BCUT2D eigenvalue weighted by Crippen LogP contribution is -2.47. The number of carbonyl (C=O) groups is 1. The molecule has 1 N–H and O–H groups in total. The van der Waals surface area contributed by atoms with E-state index in [0.717, 1.165) is 33.4 Å². The summed E-state index contributed by atoms with van der Waals surface area (Å²) in [6.07, 6.45) is 1.40. The summed E-state index contributed by atoms with van der Waals surface area (Å²) in [6, 6.07) is 11.5. The van der Waals surface area contributed by atoms with Crippen LogP contribution in [0.4, 0.5) is 11.4 Å². The Morgan fingerprint density at radius 3 is 2.48 bits per heavy atom. The number of sulfonamides is 1. The van der Waals surface area contributed by atoms with Crippen LogP contribution < -0.4 is 14.5 Å². The van der Waals surface area contributed by atoms with E-state index in [0.29, 0.717) is 17.8 Å². The average molecular weight is 462 g/mol. The van der Waals surface area contributed by atoms with Crippen LogP contribution in [0.2, 0.25) is 0 Å². The molecule has 0 unspecified atom stereocenters. The molecule has 9 heteroatoms. The van der Waals surface area contributed by atoms with E-state index in [1.54, 1.807) is 47.9 Å². The number of rotatable bonds is 7. The van der Waals surface area contributed by atoms with E-state index in [4.69, 9.17) is 0 Å². The van der Waals surface area contributed by atoms with Crippen LogP contribution in [0, 0.1) is 6.92 Å². The first-order valence-corrected chi connectivity index (χ1v) is 12.7. The van der Waals surface area contributed by atoms with Gasteiger partial charge < -0.3 is 5.32 Å². The van der Waals surface area contributed by atoms with Gasteiger partial charge in [-0.1, -0.05) is 30.4 Å². The highest BCUT2D eigenvalue weighted by Gasteiger charge is 2.31. The van der Waals surface area contributed by atoms with Crippen molar-refractivity contribution in [1.29, 1.82) is 0 Å². The zero-order chi connectivity index (χ0) is 22.9. The van der Waals surface area contributed by atoms with Crippen LogP contribution in [-0.2, 0) is 14.8 Å². The van der Waals surface area contributed by atoms with Crippen LogP contribution >= 0.6 is 11.3 Å². The van der Waals surface area contributed by atoms with Gasteiger partial charge in [0.05, 0.1) is 22.2 Å². The highest BCUT2D eigenvalue weighted by atomic mass is 32.2. The normalized spacial score (nSPS) is 12.8. The van der Waals surface area contributed by atoms with Crippen LogP contribution in [0.25, 0.3) is 10.2 Å². The quantitative estimate of drug-likeness (QED) is 0.573. The van der Waals surface area contributed by atoms with Gasteiger partial charge in [0.2, 0.25) is 15.9 Å². The number of amides is 1. The Bertz CT molecular complexity index is 1280. The number of aryl methyl sites for hydroxylation is 1. The Hall–Kier alpha value is -2.65. The number of hydrogen-bond donors (Lipinski definition) is 1. The molecule has 0 radical (unpaired) electrons. The molecule has 0 saturated heterocycles. The number of carbonyl (C=O) groups excluding carboxylic acids is 1. The molecule has 1 amide bonds. The third-order valence-electron chi connectivity index (χ3n) is 4.98. The summed E-state index contributed by atoms with van der Waals surface area (Å²) in [6.45, 7) is 7.53. The molecular formula is C22H27N3O4S2. The molecule has 3 aromatic rings. The van der Waals surface area contributed by atoms with E-state index in [2.05, 4.69) is 5.32 Å². The SMILES string of the molecule is CC[C@H](C(=O)Nc1ccc2c(c1)sc(=O)n2C(C)C)N(c1cccc(C)c1)S(C)(=O)=O. The Kier molecular flexibility index (Phi) is 6.56. The summed E-state index contributed by atoms with van der Waals surface area (Å²) in [5.41, 5.74) is 2.68. The molecular weight excluding hydrogens is 434 g/mol. The zero-order valence-corrected chi connectivity index (χ0v) is 19.9. The molecule has 0 bridgehead atoms. The Labute approximate surface area is 186 Å². The van der Waals surface area contributed by atoms with Crippen LogP contribution in [0.3, 0.4) is 0 Å². The van der Waals surface area contributed by atoms with Crippen molar-refractivity contribution in [2.75, 3.05) is 15.9 Å². The van der Waals surface area contributed by atoms with Crippen LogP contribution in [0.5, 0.6) is 0 Å². The lowest BCUT2D eigenvalue weighted by Gasteiger charge is -2.30. The fraction of sp³-hybridized carbons (Fsp3) is 0.364. The standard InChI is InChI=1S/C22H27N3O4S2/c1-6-18(25(31(5,28)29)17-9-7-8-15(4)12-17)21(26)23-16-10-11-19-20(13-16)30-22(27)24(19)14(2)3/h7-14,18H,6H2,1-5H3,(H,23,26)/t18-/m1/s1. The van der Waals surface area contributed by atoms with Crippen molar-refractivity contribution in [3.63, 3.8) is 0 Å². The van der Waals surface area contributed by atoms with Crippen molar-refractivity contribution in [3.05, 3.63) is 57.7 Å². The molecule has 7 nitrogen and oxygen atoms in total. The van der Waals surface area contributed by atoms with Crippen molar-refractivity contribution in [2.45, 2.75) is 46.2 Å². The van der Waals surface area contributed by atoms with E-state index in [9.17, 15) is 18.0 Å². The largest absolute Gasteiger partial charge is 0.324 e. The zero-order valence-electron chi connectivity index (χ0n) is 18.2. The van der Waals surface area contributed by atoms with Gasteiger partial charge in [-0.3, -0.25) is 18.5 Å². The second-order valence-corrected chi connectivity index (χ2v) is 10.7. The second kappa shape index (κ2) is 8.84. The van der Waals surface area contributed by atoms with E-state index in [1.807, 2.05) is 26.8 Å². The predicted molar refractivity (Wildman–Crippen MR) is 128 cm³/mol. The summed E-state index contributed by atoms with van der Waals surface area (Å²) in [4.78, 5) is 25.3. The van der Waals surface area contributed by atoms with E-state index in [-0.39, 0.29) is 10.9 Å². The lowest BCUT2D eigenvalue weighted by molar-refractivity contribution is -0.117. The summed E-state index contributed by atoms with van der Waals surface area (Å²) in [5, 5.41) is 2.83. The fourth-order valence-corrected chi connectivity index (χ4v) is 5.91. The molecule has 0 saturated carbocycles. The molecule has 3 rings (SSSR count). The van der Waals surface area contributed by atoms with Gasteiger partial charge in [-0.15, -0.1) is 0 Å². The summed E-state index contributed by atoms with van der Waals surface area (Å²) < 4.78 is 28.8. The number of nitrogens with one attached hydrogen (secondary N) is 1. The Morgan fingerprint density at radius 2 is 1.90 bits per heavy atom. The molecule has 166 valence electrons. The molecule has 2 aromatic carbocycles. The first kappa shape index (κ1) is 23.0. The van der Waals surface area contributed by atoms with Crippen LogP contribution in [-0.4, -0.2) is 31.2 Å². The summed E-state index contributed by atoms with van der Waals surface area (Å²) >= 11 is 1.12. The van der Waals surface area contributed by atoms with Crippen molar-refractivity contribution >= 4 is 48.9 Å². The number of aromatic nitrogens is 1. The first-order valence-electron chi connectivity index (χ1n) is 10.0. The summed E-state index contributed by atoms with van der Waals surface area (Å²) in [7, 11) is -3.70.